The summed E-state index contributed by atoms with van der Waals surface area (Å²) in [6, 6.07) is 14.9. The lowest BCUT2D eigenvalue weighted by Crippen LogP contribution is -2.15. The number of para-hydroxylation sites is 1. The second kappa shape index (κ2) is 7.10. The Labute approximate surface area is 144 Å². The zero-order valence-corrected chi connectivity index (χ0v) is 13.7. The molecule has 3 rings (SSSR count). The standard InChI is InChI=1S/C18H15ClN4O/c1-12-7-8-13(19)9-15(12)23-18(24)16-10-21-17(11-20-16)22-14-5-3-2-4-6-14/h2-11H,1H3,(H,21,22)(H,23,24). The molecule has 2 aromatic carbocycles. The van der Waals surface area contributed by atoms with Gasteiger partial charge in [0, 0.05) is 16.4 Å². The SMILES string of the molecule is Cc1ccc(Cl)cc1NC(=O)c1cnc(Nc2ccccc2)cn1. The molecule has 1 heterocycles. The summed E-state index contributed by atoms with van der Waals surface area (Å²) in [7, 11) is 0. The molecule has 0 bridgehead atoms. The molecule has 6 heteroatoms. The lowest BCUT2D eigenvalue weighted by Gasteiger charge is -2.09. The summed E-state index contributed by atoms with van der Waals surface area (Å²) in [5.74, 6) is 0.232. The van der Waals surface area contributed by atoms with E-state index in [4.69, 9.17) is 11.6 Å². The monoisotopic (exact) mass is 338 g/mol. The van der Waals surface area contributed by atoms with E-state index >= 15 is 0 Å². The van der Waals surface area contributed by atoms with Crippen LogP contribution in [0.4, 0.5) is 17.2 Å². The fourth-order valence-corrected chi connectivity index (χ4v) is 2.27. The minimum atomic E-state index is -0.334. The molecule has 0 radical (unpaired) electrons. The highest BCUT2D eigenvalue weighted by Gasteiger charge is 2.10. The van der Waals surface area contributed by atoms with Crippen LogP contribution < -0.4 is 10.6 Å². The first-order chi connectivity index (χ1) is 11.6. The molecular formula is C18H15ClN4O. The van der Waals surface area contributed by atoms with Crippen LogP contribution >= 0.6 is 11.6 Å². The van der Waals surface area contributed by atoms with Gasteiger partial charge in [-0.05, 0) is 36.8 Å². The van der Waals surface area contributed by atoms with Crippen molar-refractivity contribution in [2.45, 2.75) is 6.92 Å². The number of hydrogen-bond donors (Lipinski definition) is 2. The van der Waals surface area contributed by atoms with Crippen molar-refractivity contribution < 1.29 is 4.79 Å². The number of aryl methyl sites for hydroxylation is 1. The van der Waals surface area contributed by atoms with E-state index in [-0.39, 0.29) is 11.6 Å². The Morgan fingerprint density at radius 2 is 1.83 bits per heavy atom. The van der Waals surface area contributed by atoms with Crippen molar-refractivity contribution in [2.75, 3.05) is 10.6 Å². The lowest BCUT2D eigenvalue weighted by atomic mass is 10.2. The predicted molar refractivity (Wildman–Crippen MR) is 95.9 cm³/mol. The minimum Gasteiger partial charge on any atom is -0.339 e. The molecule has 1 aromatic heterocycles. The molecule has 0 aliphatic rings. The van der Waals surface area contributed by atoms with E-state index in [1.807, 2.05) is 43.3 Å². The summed E-state index contributed by atoms with van der Waals surface area (Å²) in [5, 5.41) is 6.46. The average molecular weight is 339 g/mol. The molecule has 0 saturated carbocycles. The third-order valence-corrected chi connectivity index (χ3v) is 3.61. The maximum absolute atomic E-state index is 12.3. The molecule has 5 nitrogen and oxygen atoms in total. The molecule has 0 aliphatic carbocycles. The number of carbonyl (C=O) groups excluding carboxylic acids is 1. The van der Waals surface area contributed by atoms with Crippen molar-refractivity contribution >= 4 is 34.7 Å². The quantitative estimate of drug-likeness (QED) is 0.738. The van der Waals surface area contributed by atoms with Crippen molar-refractivity contribution in [2.24, 2.45) is 0 Å². The summed E-state index contributed by atoms with van der Waals surface area (Å²) >= 11 is 5.96. The number of hydrogen-bond acceptors (Lipinski definition) is 4. The Balaban J connectivity index is 1.71. The van der Waals surface area contributed by atoms with Gasteiger partial charge in [-0.15, -0.1) is 0 Å². The molecule has 0 atom stereocenters. The van der Waals surface area contributed by atoms with Gasteiger partial charge in [0.1, 0.15) is 11.5 Å². The average Bonchev–Trinajstić information content (AvgIpc) is 2.60. The maximum Gasteiger partial charge on any atom is 0.275 e. The second-order valence-corrected chi connectivity index (χ2v) is 5.63. The topological polar surface area (TPSA) is 66.9 Å². The first kappa shape index (κ1) is 16.0. The highest BCUT2D eigenvalue weighted by molar-refractivity contribution is 6.31. The van der Waals surface area contributed by atoms with Crippen LogP contribution in [-0.2, 0) is 0 Å². The van der Waals surface area contributed by atoms with Crippen LogP contribution in [0.15, 0.2) is 60.9 Å². The number of nitrogens with one attached hydrogen (secondary N) is 2. The van der Waals surface area contributed by atoms with Gasteiger partial charge in [0.15, 0.2) is 0 Å². The number of amides is 1. The van der Waals surface area contributed by atoms with Crippen molar-refractivity contribution in [3.05, 3.63) is 77.2 Å². The highest BCUT2D eigenvalue weighted by Crippen LogP contribution is 2.20. The molecule has 0 aliphatic heterocycles. The molecule has 0 fully saturated rings. The van der Waals surface area contributed by atoms with Gasteiger partial charge in [0.05, 0.1) is 12.4 Å². The number of aromatic nitrogens is 2. The first-order valence-electron chi connectivity index (χ1n) is 7.33. The van der Waals surface area contributed by atoms with Gasteiger partial charge in [0.25, 0.3) is 5.91 Å². The van der Waals surface area contributed by atoms with Crippen molar-refractivity contribution in [3.63, 3.8) is 0 Å². The highest BCUT2D eigenvalue weighted by atomic mass is 35.5. The molecule has 1 amide bonds. The molecule has 0 spiro atoms. The third kappa shape index (κ3) is 3.88. The van der Waals surface area contributed by atoms with Crippen LogP contribution in [0.3, 0.4) is 0 Å². The number of carbonyl (C=O) groups is 1. The predicted octanol–water partition coefficient (Wildman–Crippen LogP) is 4.43. The number of rotatable bonds is 4. The van der Waals surface area contributed by atoms with E-state index in [0.29, 0.717) is 16.5 Å². The van der Waals surface area contributed by atoms with Gasteiger partial charge in [-0.2, -0.15) is 0 Å². The summed E-state index contributed by atoms with van der Waals surface area (Å²) in [6.45, 7) is 1.89. The Hall–Kier alpha value is -2.92. The summed E-state index contributed by atoms with van der Waals surface area (Å²) < 4.78 is 0. The Kier molecular flexibility index (Phi) is 4.72. The van der Waals surface area contributed by atoms with Crippen molar-refractivity contribution in [1.82, 2.24) is 9.97 Å². The van der Waals surface area contributed by atoms with Gasteiger partial charge in [-0.25, -0.2) is 9.97 Å². The van der Waals surface area contributed by atoms with E-state index in [9.17, 15) is 4.79 Å². The Morgan fingerprint density at radius 1 is 1.04 bits per heavy atom. The van der Waals surface area contributed by atoms with E-state index in [1.54, 1.807) is 12.1 Å². The largest absolute Gasteiger partial charge is 0.339 e. The number of nitrogens with zero attached hydrogens (tertiary/aromatic N) is 2. The second-order valence-electron chi connectivity index (χ2n) is 5.19. The Morgan fingerprint density at radius 3 is 2.54 bits per heavy atom. The van der Waals surface area contributed by atoms with E-state index in [0.717, 1.165) is 11.3 Å². The van der Waals surface area contributed by atoms with Gasteiger partial charge in [0.2, 0.25) is 0 Å². The molecule has 0 unspecified atom stereocenters. The number of halogens is 1. The maximum atomic E-state index is 12.3. The van der Waals surface area contributed by atoms with Crippen LogP contribution in [0.1, 0.15) is 16.1 Å². The van der Waals surface area contributed by atoms with Crippen molar-refractivity contribution in [3.8, 4) is 0 Å². The van der Waals surface area contributed by atoms with Crippen LogP contribution in [-0.4, -0.2) is 15.9 Å². The zero-order valence-electron chi connectivity index (χ0n) is 13.0. The van der Waals surface area contributed by atoms with E-state index < -0.39 is 0 Å². The molecule has 24 heavy (non-hydrogen) atoms. The van der Waals surface area contributed by atoms with Gasteiger partial charge in [-0.3, -0.25) is 4.79 Å². The lowest BCUT2D eigenvalue weighted by molar-refractivity contribution is 0.102. The van der Waals surface area contributed by atoms with Crippen LogP contribution in [0.2, 0.25) is 5.02 Å². The van der Waals surface area contributed by atoms with Gasteiger partial charge < -0.3 is 10.6 Å². The zero-order chi connectivity index (χ0) is 16.9. The Bertz CT molecular complexity index is 851. The van der Waals surface area contributed by atoms with Gasteiger partial charge in [-0.1, -0.05) is 35.9 Å². The van der Waals surface area contributed by atoms with Crippen LogP contribution in [0, 0.1) is 6.92 Å². The van der Waals surface area contributed by atoms with Crippen LogP contribution in [0.25, 0.3) is 0 Å². The molecule has 3 aromatic rings. The van der Waals surface area contributed by atoms with E-state index in [1.165, 1.54) is 12.4 Å². The normalized spacial score (nSPS) is 10.2. The molecule has 120 valence electrons. The first-order valence-corrected chi connectivity index (χ1v) is 7.71. The number of anilines is 3. The van der Waals surface area contributed by atoms with Crippen LogP contribution in [0.5, 0.6) is 0 Å². The smallest absolute Gasteiger partial charge is 0.275 e. The molecule has 0 saturated heterocycles. The van der Waals surface area contributed by atoms with E-state index in [2.05, 4.69) is 20.6 Å². The summed E-state index contributed by atoms with van der Waals surface area (Å²) in [4.78, 5) is 20.6. The summed E-state index contributed by atoms with van der Waals surface area (Å²) in [5.41, 5.74) is 2.70. The summed E-state index contributed by atoms with van der Waals surface area (Å²) in [6.07, 6.45) is 2.95. The fraction of sp³-hybridized carbons (Fsp3) is 0.0556. The van der Waals surface area contributed by atoms with Crippen molar-refractivity contribution in [1.29, 1.82) is 0 Å². The molecule has 2 N–H and O–H groups in total. The molecular weight excluding hydrogens is 324 g/mol. The van der Waals surface area contributed by atoms with Gasteiger partial charge >= 0.3 is 0 Å². The fourth-order valence-electron chi connectivity index (χ4n) is 2.09. The number of benzene rings is 2. The third-order valence-electron chi connectivity index (χ3n) is 3.38. The minimum absolute atomic E-state index is 0.230.